The van der Waals surface area contributed by atoms with Crippen LogP contribution >= 0.6 is 11.6 Å². The van der Waals surface area contributed by atoms with Crippen molar-refractivity contribution in [2.45, 2.75) is 24.7 Å². The Kier molecular flexibility index (Phi) is 5.07. The molecule has 0 saturated carbocycles. The average molecular weight is 280 g/mol. The Morgan fingerprint density at radius 2 is 1.95 bits per heavy atom. The van der Waals surface area contributed by atoms with Gasteiger partial charge < -0.3 is 9.47 Å². The first-order valence-corrected chi connectivity index (χ1v) is 7.12. The van der Waals surface area contributed by atoms with Crippen molar-refractivity contribution >= 4 is 11.6 Å². The minimum Gasteiger partial charge on any atom is -0.494 e. The molecule has 1 aromatic rings. The monoisotopic (exact) mass is 279 g/mol. The van der Waals surface area contributed by atoms with Crippen LogP contribution < -0.4 is 4.74 Å². The number of nitriles is 1. The van der Waals surface area contributed by atoms with Crippen molar-refractivity contribution in [1.29, 1.82) is 5.26 Å². The number of nitrogens with zero attached hydrogens (tertiary/aromatic N) is 1. The first kappa shape index (κ1) is 14.2. The lowest BCUT2D eigenvalue weighted by Gasteiger charge is -2.31. The number of ether oxygens (including phenoxy) is 2. The standard InChI is InChI=1S/C15H18ClNO2/c16-8-1-9-19-14-4-2-13(3-5-14)15(12-17)6-10-18-11-7-15/h2-5H,1,6-11H2. The van der Waals surface area contributed by atoms with Crippen molar-refractivity contribution in [3.05, 3.63) is 29.8 Å². The van der Waals surface area contributed by atoms with Crippen LogP contribution in [0.15, 0.2) is 24.3 Å². The molecule has 102 valence electrons. The minimum atomic E-state index is -0.396. The van der Waals surface area contributed by atoms with E-state index in [9.17, 15) is 5.26 Å². The number of halogens is 1. The second-order valence-electron chi connectivity index (χ2n) is 4.72. The zero-order valence-electron chi connectivity index (χ0n) is 10.9. The van der Waals surface area contributed by atoms with Gasteiger partial charge in [0, 0.05) is 19.1 Å². The van der Waals surface area contributed by atoms with Gasteiger partial charge in [-0.15, -0.1) is 11.6 Å². The van der Waals surface area contributed by atoms with E-state index in [0.29, 0.717) is 25.7 Å². The Balaban J connectivity index is 2.06. The van der Waals surface area contributed by atoms with Gasteiger partial charge in [0.25, 0.3) is 0 Å². The molecule has 0 spiro atoms. The predicted molar refractivity (Wildman–Crippen MR) is 74.6 cm³/mol. The number of hydrogen-bond donors (Lipinski definition) is 0. The Bertz CT molecular complexity index is 432. The third-order valence-corrected chi connectivity index (χ3v) is 3.78. The van der Waals surface area contributed by atoms with Crippen LogP contribution in [0.1, 0.15) is 24.8 Å². The molecular formula is C15H18ClNO2. The van der Waals surface area contributed by atoms with Crippen LogP contribution in [0, 0.1) is 11.3 Å². The van der Waals surface area contributed by atoms with Crippen LogP contribution in [0.3, 0.4) is 0 Å². The van der Waals surface area contributed by atoms with Gasteiger partial charge >= 0.3 is 0 Å². The summed E-state index contributed by atoms with van der Waals surface area (Å²) < 4.78 is 10.9. The number of rotatable bonds is 5. The fourth-order valence-corrected chi connectivity index (χ4v) is 2.41. The van der Waals surface area contributed by atoms with E-state index in [4.69, 9.17) is 21.1 Å². The Hall–Kier alpha value is -1.24. The number of hydrogen-bond acceptors (Lipinski definition) is 3. The van der Waals surface area contributed by atoms with Gasteiger partial charge in [-0.3, -0.25) is 0 Å². The fourth-order valence-electron chi connectivity index (χ4n) is 2.30. The van der Waals surface area contributed by atoms with Crippen LogP contribution in [0.5, 0.6) is 5.75 Å². The molecule has 0 amide bonds. The molecule has 1 fully saturated rings. The molecule has 1 heterocycles. The fraction of sp³-hybridized carbons (Fsp3) is 0.533. The molecule has 19 heavy (non-hydrogen) atoms. The van der Waals surface area contributed by atoms with Gasteiger partial charge in [0.05, 0.1) is 18.1 Å². The van der Waals surface area contributed by atoms with E-state index < -0.39 is 5.41 Å². The lowest BCUT2D eigenvalue weighted by Crippen LogP contribution is -2.32. The molecule has 0 unspecified atom stereocenters. The Labute approximate surface area is 119 Å². The summed E-state index contributed by atoms with van der Waals surface area (Å²) in [7, 11) is 0. The van der Waals surface area contributed by atoms with Gasteiger partial charge in [-0.25, -0.2) is 0 Å². The SMILES string of the molecule is N#CC1(c2ccc(OCCCCl)cc2)CCOCC1. The van der Waals surface area contributed by atoms with Gasteiger partial charge in [-0.05, 0) is 37.0 Å². The van der Waals surface area contributed by atoms with Crippen molar-refractivity contribution in [3.8, 4) is 11.8 Å². The van der Waals surface area contributed by atoms with Gasteiger partial charge in [0.1, 0.15) is 5.75 Å². The van der Waals surface area contributed by atoms with Crippen molar-refractivity contribution in [2.75, 3.05) is 25.7 Å². The van der Waals surface area contributed by atoms with E-state index in [1.807, 2.05) is 24.3 Å². The highest BCUT2D eigenvalue weighted by Crippen LogP contribution is 2.34. The van der Waals surface area contributed by atoms with Gasteiger partial charge in [0.2, 0.25) is 0 Å². The molecule has 1 aliphatic heterocycles. The smallest absolute Gasteiger partial charge is 0.119 e. The normalized spacial score (nSPS) is 17.7. The average Bonchev–Trinajstić information content (AvgIpc) is 2.49. The van der Waals surface area contributed by atoms with Crippen molar-refractivity contribution in [3.63, 3.8) is 0 Å². The molecule has 0 atom stereocenters. The van der Waals surface area contributed by atoms with E-state index in [1.54, 1.807) is 0 Å². The quantitative estimate of drug-likeness (QED) is 0.614. The first-order valence-electron chi connectivity index (χ1n) is 6.59. The van der Waals surface area contributed by atoms with Gasteiger partial charge in [-0.2, -0.15) is 5.26 Å². The maximum atomic E-state index is 9.49. The van der Waals surface area contributed by atoms with E-state index in [-0.39, 0.29) is 0 Å². The predicted octanol–water partition coefficient (Wildman–Crippen LogP) is 3.27. The number of alkyl halides is 1. The molecule has 3 nitrogen and oxygen atoms in total. The topological polar surface area (TPSA) is 42.2 Å². The summed E-state index contributed by atoms with van der Waals surface area (Å²) in [5.41, 5.74) is 0.662. The molecule has 0 radical (unpaired) electrons. The highest BCUT2D eigenvalue weighted by molar-refractivity contribution is 6.17. The third-order valence-electron chi connectivity index (χ3n) is 3.51. The Morgan fingerprint density at radius 3 is 2.53 bits per heavy atom. The lowest BCUT2D eigenvalue weighted by atomic mass is 9.75. The second kappa shape index (κ2) is 6.79. The van der Waals surface area contributed by atoms with Crippen LogP contribution in [0.4, 0.5) is 0 Å². The molecule has 0 aliphatic carbocycles. The molecule has 0 aromatic heterocycles. The largest absolute Gasteiger partial charge is 0.494 e. The van der Waals surface area contributed by atoms with Crippen LogP contribution in [0.2, 0.25) is 0 Å². The first-order chi connectivity index (χ1) is 9.30. The van der Waals surface area contributed by atoms with Gasteiger partial charge in [-0.1, -0.05) is 12.1 Å². The summed E-state index contributed by atoms with van der Waals surface area (Å²) in [6.07, 6.45) is 2.36. The van der Waals surface area contributed by atoms with Crippen LogP contribution in [-0.2, 0) is 10.2 Å². The molecule has 1 saturated heterocycles. The molecule has 1 aliphatic rings. The molecule has 1 aromatic carbocycles. The molecule has 2 rings (SSSR count). The summed E-state index contributed by atoms with van der Waals surface area (Å²) in [6, 6.07) is 10.3. The van der Waals surface area contributed by atoms with E-state index >= 15 is 0 Å². The summed E-state index contributed by atoms with van der Waals surface area (Å²) in [4.78, 5) is 0. The zero-order valence-corrected chi connectivity index (χ0v) is 11.7. The molecule has 0 bridgehead atoms. The van der Waals surface area contributed by atoms with Crippen molar-refractivity contribution < 1.29 is 9.47 Å². The molecule has 4 heteroatoms. The zero-order chi connectivity index (χ0) is 13.6. The number of benzene rings is 1. The molecule has 0 N–H and O–H groups in total. The lowest BCUT2D eigenvalue weighted by molar-refractivity contribution is 0.0675. The highest BCUT2D eigenvalue weighted by atomic mass is 35.5. The highest BCUT2D eigenvalue weighted by Gasteiger charge is 2.34. The van der Waals surface area contributed by atoms with Crippen molar-refractivity contribution in [1.82, 2.24) is 0 Å². The van der Waals surface area contributed by atoms with E-state index in [1.165, 1.54) is 0 Å². The maximum Gasteiger partial charge on any atom is 0.119 e. The third kappa shape index (κ3) is 3.40. The summed E-state index contributed by atoms with van der Waals surface area (Å²) >= 11 is 5.60. The van der Waals surface area contributed by atoms with Crippen LogP contribution in [-0.4, -0.2) is 25.7 Å². The van der Waals surface area contributed by atoms with Crippen LogP contribution in [0.25, 0.3) is 0 Å². The van der Waals surface area contributed by atoms with E-state index in [0.717, 1.165) is 30.6 Å². The van der Waals surface area contributed by atoms with E-state index in [2.05, 4.69) is 6.07 Å². The second-order valence-corrected chi connectivity index (χ2v) is 5.10. The maximum absolute atomic E-state index is 9.49. The summed E-state index contributed by atoms with van der Waals surface area (Å²) in [6.45, 7) is 1.93. The van der Waals surface area contributed by atoms with Crippen molar-refractivity contribution in [2.24, 2.45) is 0 Å². The Morgan fingerprint density at radius 1 is 1.26 bits per heavy atom. The summed E-state index contributed by atoms with van der Waals surface area (Å²) in [5.74, 6) is 1.43. The van der Waals surface area contributed by atoms with Gasteiger partial charge in [0.15, 0.2) is 0 Å². The minimum absolute atomic E-state index is 0.396. The summed E-state index contributed by atoms with van der Waals surface area (Å²) in [5, 5.41) is 9.49. The molecular weight excluding hydrogens is 262 g/mol.